The van der Waals surface area contributed by atoms with E-state index in [0.717, 1.165) is 11.4 Å². The van der Waals surface area contributed by atoms with E-state index in [-0.39, 0.29) is 4.90 Å². The molecule has 0 aliphatic rings. The first-order valence-corrected chi connectivity index (χ1v) is 8.63. The highest BCUT2D eigenvalue weighted by atomic mass is 79.9. The van der Waals surface area contributed by atoms with E-state index in [0.29, 0.717) is 30.4 Å². The van der Waals surface area contributed by atoms with Crippen LogP contribution in [0.15, 0.2) is 33.9 Å². The first kappa shape index (κ1) is 16.1. The molecule has 0 amide bonds. The number of nitrogens with two attached hydrogens (primary N) is 1. The molecule has 0 saturated carbocycles. The molecular weight excluding hydrogens is 358 g/mol. The summed E-state index contributed by atoms with van der Waals surface area (Å²) in [7, 11) is -3.54. The van der Waals surface area contributed by atoms with Gasteiger partial charge in [-0.05, 0) is 40.0 Å². The highest BCUT2D eigenvalue weighted by Gasteiger charge is 2.17. The third-order valence-electron chi connectivity index (χ3n) is 2.87. The van der Waals surface area contributed by atoms with Crippen molar-refractivity contribution < 1.29 is 8.42 Å². The fraction of sp³-hybridized carbons (Fsp3) is 0.333. The van der Waals surface area contributed by atoms with Crippen LogP contribution in [0.3, 0.4) is 0 Å². The van der Waals surface area contributed by atoms with Crippen LogP contribution in [0.2, 0.25) is 0 Å². The Bertz CT molecular complexity index is 688. The standard InChI is InChI=1S/C12H16BrN5O2S/c13-10-6-9(7-14)3-4-11(10)21(19,20)17-5-1-2-12-15-8-16-18-12/h3-4,6,8,17H,1-2,5,7,14H2,(H,15,16,18). The van der Waals surface area contributed by atoms with Crippen LogP contribution < -0.4 is 10.5 Å². The summed E-state index contributed by atoms with van der Waals surface area (Å²) in [6.45, 7) is 0.692. The molecule has 1 heterocycles. The number of nitrogens with zero attached hydrogens (tertiary/aromatic N) is 2. The van der Waals surface area contributed by atoms with Crippen molar-refractivity contribution in [2.75, 3.05) is 6.54 Å². The van der Waals surface area contributed by atoms with Crippen LogP contribution in [0.25, 0.3) is 0 Å². The molecule has 0 fully saturated rings. The maximum absolute atomic E-state index is 12.2. The van der Waals surface area contributed by atoms with E-state index in [9.17, 15) is 8.42 Å². The van der Waals surface area contributed by atoms with Gasteiger partial charge < -0.3 is 5.73 Å². The lowest BCUT2D eigenvalue weighted by Gasteiger charge is -2.09. The molecule has 0 aliphatic heterocycles. The van der Waals surface area contributed by atoms with E-state index >= 15 is 0 Å². The molecule has 7 nitrogen and oxygen atoms in total. The largest absolute Gasteiger partial charge is 0.326 e. The summed E-state index contributed by atoms with van der Waals surface area (Å²) in [5, 5.41) is 6.46. The second kappa shape index (κ2) is 7.12. The molecule has 0 aliphatic carbocycles. The van der Waals surface area contributed by atoms with Crippen molar-refractivity contribution in [2.45, 2.75) is 24.3 Å². The zero-order valence-corrected chi connectivity index (χ0v) is 13.6. The number of aromatic nitrogens is 3. The van der Waals surface area contributed by atoms with Gasteiger partial charge in [0.25, 0.3) is 0 Å². The molecule has 2 aromatic rings. The van der Waals surface area contributed by atoms with Crippen molar-refractivity contribution in [3.63, 3.8) is 0 Å². The van der Waals surface area contributed by atoms with E-state index in [1.54, 1.807) is 18.2 Å². The fourth-order valence-corrected chi connectivity index (χ4v) is 3.98. The second-order valence-corrected chi connectivity index (χ2v) is 6.99. The van der Waals surface area contributed by atoms with E-state index in [1.807, 2.05) is 0 Å². The van der Waals surface area contributed by atoms with Gasteiger partial charge in [-0.2, -0.15) is 5.10 Å². The topological polar surface area (TPSA) is 114 Å². The summed E-state index contributed by atoms with van der Waals surface area (Å²) < 4.78 is 27.5. The molecule has 0 unspecified atom stereocenters. The van der Waals surface area contributed by atoms with Gasteiger partial charge in [0, 0.05) is 24.0 Å². The minimum absolute atomic E-state index is 0.208. The summed E-state index contributed by atoms with van der Waals surface area (Å²) in [5.41, 5.74) is 6.39. The summed E-state index contributed by atoms with van der Waals surface area (Å²) in [5.74, 6) is 0.739. The average molecular weight is 374 g/mol. The number of sulfonamides is 1. The molecule has 0 bridgehead atoms. The van der Waals surface area contributed by atoms with Crippen LogP contribution in [0.1, 0.15) is 17.8 Å². The predicted octanol–water partition coefficient (Wildman–Crippen LogP) is 0.937. The zero-order valence-electron chi connectivity index (χ0n) is 11.2. The molecule has 2 rings (SSSR count). The molecule has 0 spiro atoms. The van der Waals surface area contributed by atoms with Gasteiger partial charge in [0.15, 0.2) is 0 Å². The van der Waals surface area contributed by atoms with Crippen molar-refractivity contribution in [3.8, 4) is 0 Å². The first-order chi connectivity index (χ1) is 10.0. The number of halogens is 1. The highest BCUT2D eigenvalue weighted by Crippen LogP contribution is 2.23. The number of nitrogens with one attached hydrogen (secondary N) is 2. The molecule has 0 atom stereocenters. The third-order valence-corrected chi connectivity index (χ3v) is 5.31. The average Bonchev–Trinajstić information content (AvgIpc) is 2.96. The molecule has 9 heteroatoms. The summed E-state index contributed by atoms with van der Waals surface area (Å²) in [6, 6.07) is 4.96. The first-order valence-electron chi connectivity index (χ1n) is 6.35. The van der Waals surface area contributed by atoms with Gasteiger partial charge in [-0.3, -0.25) is 5.10 Å². The lowest BCUT2D eigenvalue weighted by Crippen LogP contribution is -2.25. The van der Waals surface area contributed by atoms with Gasteiger partial charge in [0.05, 0.1) is 4.90 Å². The van der Waals surface area contributed by atoms with Crippen LogP contribution in [0.4, 0.5) is 0 Å². The van der Waals surface area contributed by atoms with Crippen LogP contribution in [-0.2, 0) is 23.0 Å². The number of benzene rings is 1. The molecule has 1 aromatic carbocycles. The number of aryl methyl sites for hydroxylation is 1. The van der Waals surface area contributed by atoms with Gasteiger partial charge >= 0.3 is 0 Å². The van der Waals surface area contributed by atoms with Crippen LogP contribution in [0, 0.1) is 0 Å². The quantitative estimate of drug-likeness (QED) is 0.624. The molecule has 0 radical (unpaired) electrons. The summed E-state index contributed by atoms with van der Waals surface area (Å²) >= 11 is 3.27. The Balaban J connectivity index is 1.95. The molecule has 1 aromatic heterocycles. The zero-order chi connectivity index (χ0) is 15.3. The Kier molecular flexibility index (Phi) is 5.45. The van der Waals surface area contributed by atoms with Crippen molar-refractivity contribution in [1.82, 2.24) is 19.9 Å². The predicted molar refractivity (Wildman–Crippen MR) is 81.9 cm³/mol. The maximum Gasteiger partial charge on any atom is 0.241 e. The van der Waals surface area contributed by atoms with Gasteiger partial charge in [-0.1, -0.05) is 6.07 Å². The summed E-state index contributed by atoms with van der Waals surface area (Å²) in [4.78, 5) is 4.19. The Morgan fingerprint density at radius 3 is 2.81 bits per heavy atom. The Morgan fingerprint density at radius 2 is 2.19 bits per heavy atom. The van der Waals surface area contributed by atoms with E-state index < -0.39 is 10.0 Å². The fourth-order valence-electron chi connectivity index (χ4n) is 1.78. The molecule has 21 heavy (non-hydrogen) atoms. The Labute approximate surface area is 131 Å². The number of aromatic amines is 1. The molecule has 0 saturated heterocycles. The SMILES string of the molecule is NCc1ccc(S(=O)(=O)NCCCc2ncn[nH]2)c(Br)c1. The number of hydrogen-bond acceptors (Lipinski definition) is 5. The van der Waals surface area contributed by atoms with Gasteiger partial charge in [0.1, 0.15) is 12.2 Å². The van der Waals surface area contributed by atoms with Gasteiger partial charge in [-0.15, -0.1) is 0 Å². The molecule has 114 valence electrons. The van der Waals surface area contributed by atoms with Gasteiger partial charge in [-0.25, -0.2) is 18.1 Å². The highest BCUT2D eigenvalue weighted by molar-refractivity contribution is 9.10. The number of hydrogen-bond donors (Lipinski definition) is 3. The smallest absolute Gasteiger partial charge is 0.241 e. The van der Waals surface area contributed by atoms with Crippen LogP contribution >= 0.6 is 15.9 Å². The van der Waals surface area contributed by atoms with E-state index in [4.69, 9.17) is 5.73 Å². The monoisotopic (exact) mass is 373 g/mol. The normalized spacial score (nSPS) is 11.7. The third kappa shape index (κ3) is 4.34. The second-order valence-electron chi connectivity index (χ2n) is 4.40. The number of H-pyrrole nitrogens is 1. The van der Waals surface area contributed by atoms with Crippen molar-refractivity contribution in [3.05, 3.63) is 40.4 Å². The minimum Gasteiger partial charge on any atom is -0.326 e. The van der Waals surface area contributed by atoms with Gasteiger partial charge in [0.2, 0.25) is 10.0 Å². The molecular formula is C12H16BrN5O2S. The minimum atomic E-state index is -3.54. The molecule has 4 N–H and O–H groups in total. The summed E-state index contributed by atoms with van der Waals surface area (Å²) in [6.07, 6.45) is 2.69. The lowest BCUT2D eigenvalue weighted by atomic mass is 10.2. The Hall–Kier alpha value is -1.29. The maximum atomic E-state index is 12.2. The Morgan fingerprint density at radius 1 is 1.38 bits per heavy atom. The van der Waals surface area contributed by atoms with Crippen LogP contribution in [0.5, 0.6) is 0 Å². The van der Waals surface area contributed by atoms with E-state index in [1.165, 1.54) is 6.33 Å². The lowest BCUT2D eigenvalue weighted by molar-refractivity contribution is 0.577. The van der Waals surface area contributed by atoms with Crippen molar-refractivity contribution in [2.24, 2.45) is 5.73 Å². The van der Waals surface area contributed by atoms with Crippen LogP contribution in [-0.4, -0.2) is 30.1 Å². The van der Waals surface area contributed by atoms with Crippen molar-refractivity contribution >= 4 is 26.0 Å². The van der Waals surface area contributed by atoms with Crippen molar-refractivity contribution in [1.29, 1.82) is 0 Å². The van der Waals surface area contributed by atoms with E-state index in [2.05, 4.69) is 35.8 Å². The number of rotatable bonds is 7.